The van der Waals surface area contributed by atoms with Crippen LogP contribution in [0.2, 0.25) is 5.02 Å². The highest BCUT2D eigenvalue weighted by atomic mass is 35.5. The van der Waals surface area contributed by atoms with Crippen LogP contribution in [0.15, 0.2) is 90.1 Å². The van der Waals surface area contributed by atoms with Gasteiger partial charge >= 0.3 is 5.97 Å². The Morgan fingerprint density at radius 1 is 0.941 bits per heavy atom. The fourth-order valence-electron chi connectivity index (χ4n) is 4.57. The average Bonchev–Trinajstić information content (AvgIpc) is 3.63. The summed E-state index contributed by atoms with van der Waals surface area (Å²) in [5, 5.41) is 12.9. The number of carbonyl (C=O) groups is 1. The molecule has 34 heavy (non-hydrogen) atoms. The van der Waals surface area contributed by atoms with E-state index in [2.05, 4.69) is 41.0 Å². The van der Waals surface area contributed by atoms with E-state index in [1.165, 1.54) is 35.6 Å². The van der Waals surface area contributed by atoms with E-state index >= 15 is 0 Å². The van der Waals surface area contributed by atoms with Crippen molar-refractivity contribution in [3.05, 3.63) is 101 Å². The van der Waals surface area contributed by atoms with Gasteiger partial charge in [-0.3, -0.25) is 9.36 Å². The van der Waals surface area contributed by atoms with Gasteiger partial charge in [-0.05, 0) is 65.6 Å². The van der Waals surface area contributed by atoms with Crippen molar-refractivity contribution in [3.8, 4) is 5.69 Å². The summed E-state index contributed by atoms with van der Waals surface area (Å²) in [7, 11) is 0. The van der Waals surface area contributed by atoms with E-state index in [1.807, 2.05) is 24.3 Å². The molecule has 1 aliphatic rings. The molecule has 1 saturated carbocycles. The summed E-state index contributed by atoms with van der Waals surface area (Å²) in [6.45, 7) is 0. The number of thioether (sulfide) groups is 1. The monoisotopic (exact) mass is 484 g/mol. The predicted molar refractivity (Wildman–Crippen MR) is 138 cm³/mol. The van der Waals surface area contributed by atoms with Gasteiger partial charge < -0.3 is 5.11 Å². The molecule has 1 heterocycles. The molecule has 0 aliphatic heterocycles. The van der Waals surface area contributed by atoms with Crippen molar-refractivity contribution in [2.24, 2.45) is 0 Å². The first kappa shape index (κ1) is 21.3. The lowest BCUT2D eigenvalue weighted by Gasteiger charge is -2.17. The first-order valence-corrected chi connectivity index (χ1v) is 12.5. The third-order valence-electron chi connectivity index (χ3n) is 6.34. The number of carboxylic acid groups (broad SMARTS) is 1. The molecule has 1 N–H and O–H groups in total. The molecule has 0 spiro atoms. The van der Waals surface area contributed by atoms with E-state index < -0.39 is 11.2 Å². The zero-order valence-electron chi connectivity index (χ0n) is 18.2. The van der Waals surface area contributed by atoms with Gasteiger partial charge in [0.25, 0.3) is 0 Å². The average molecular weight is 485 g/mol. The molecular formula is C28H21ClN2O2S. The Morgan fingerprint density at radius 3 is 2.38 bits per heavy atom. The van der Waals surface area contributed by atoms with Crippen LogP contribution in [0.3, 0.4) is 0 Å². The first-order chi connectivity index (χ1) is 16.6. The van der Waals surface area contributed by atoms with Crippen LogP contribution >= 0.6 is 23.4 Å². The van der Waals surface area contributed by atoms with Crippen LogP contribution < -0.4 is 0 Å². The molecule has 1 aliphatic carbocycles. The number of imidazole rings is 1. The van der Waals surface area contributed by atoms with Gasteiger partial charge in [0.1, 0.15) is 5.25 Å². The molecule has 5 aromatic rings. The molecule has 1 fully saturated rings. The number of halogens is 1. The summed E-state index contributed by atoms with van der Waals surface area (Å²) in [4.78, 5) is 17.2. The number of para-hydroxylation sites is 2. The van der Waals surface area contributed by atoms with Crippen LogP contribution in [0.5, 0.6) is 0 Å². The molecule has 0 bridgehead atoms. The standard InChI is InChI=1S/C28H21ClN2O2S/c29-19-13-11-18(12-14-19)26(27(32)33)34-28-30-23-7-3-4-8-25(23)31(28)24-16-15-20(17-9-10-17)21-5-1-2-6-22(21)24/h1-8,11-17,26H,9-10H2,(H,32,33). The molecule has 4 aromatic carbocycles. The maximum absolute atomic E-state index is 12.3. The minimum atomic E-state index is -0.917. The molecule has 0 saturated heterocycles. The molecule has 1 unspecified atom stereocenters. The predicted octanol–water partition coefficient (Wildman–Crippen LogP) is 7.63. The van der Waals surface area contributed by atoms with Crippen molar-refractivity contribution in [2.75, 3.05) is 0 Å². The molecule has 0 amide bonds. The third-order valence-corrected chi connectivity index (χ3v) is 7.79. The molecular weight excluding hydrogens is 464 g/mol. The molecule has 0 radical (unpaired) electrons. The van der Waals surface area contributed by atoms with Gasteiger partial charge in [-0.15, -0.1) is 0 Å². The zero-order valence-corrected chi connectivity index (χ0v) is 19.8. The van der Waals surface area contributed by atoms with Crippen LogP contribution in [-0.4, -0.2) is 20.6 Å². The van der Waals surface area contributed by atoms with Gasteiger partial charge in [0.05, 0.1) is 16.7 Å². The summed E-state index contributed by atoms with van der Waals surface area (Å²) >= 11 is 7.28. The highest BCUT2D eigenvalue weighted by Crippen LogP contribution is 2.45. The van der Waals surface area contributed by atoms with Gasteiger partial charge in [0.15, 0.2) is 5.16 Å². The van der Waals surface area contributed by atoms with Crippen molar-refractivity contribution in [3.63, 3.8) is 0 Å². The van der Waals surface area contributed by atoms with Crippen molar-refractivity contribution in [2.45, 2.75) is 29.2 Å². The maximum atomic E-state index is 12.3. The van der Waals surface area contributed by atoms with Crippen LogP contribution in [0.25, 0.3) is 27.5 Å². The van der Waals surface area contributed by atoms with Crippen LogP contribution in [-0.2, 0) is 4.79 Å². The lowest BCUT2D eigenvalue weighted by molar-refractivity contribution is -0.136. The fraction of sp³-hybridized carbons (Fsp3) is 0.143. The van der Waals surface area contributed by atoms with Crippen LogP contribution in [0.4, 0.5) is 0 Å². The van der Waals surface area contributed by atoms with Gasteiger partial charge in [-0.2, -0.15) is 0 Å². The molecule has 1 aromatic heterocycles. The van der Waals surface area contributed by atoms with Crippen LogP contribution in [0, 0.1) is 0 Å². The number of hydrogen-bond acceptors (Lipinski definition) is 3. The lowest BCUT2D eigenvalue weighted by Crippen LogP contribution is -2.09. The summed E-state index contributed by atoms with van der Waals surface area (Å²) in [6, 6.07) is 27.8. The Labute approximate surface area is 206 Å². The third kappa shape index (κ3) is 3.75. The smallest absolute Gasteiger partial charge is 0.321 e. The molecule has 4 nitrogen and oxygen atoms in total. The maximum Gasteiger partial charge on any atom is 0.321 e. The second kappa shape index (κ2) is 8.49. The number of carboxylic acids is 1. The minimum Gasteiger partial charge on any atom is -0.480 e. The highest BCUT2D eigenvalue weighted by Gasteiger charge is 2.28. The second-order valence-electron chi connectivity index (χ2n) is 8.60. The Morgan fingerprint density at radius 2 is 1.65 bits per heavy atom. The molecule has 6 rings (SSSR count). The number of aliphatic carboxylic acids is 1. The summed E-state index contributed by atoms with van der Waals surface area (Å²) in [5.74, 6) is -0.284. The Kier molecular flexibility index (Phi) is 5.31. The number of hydrogen-bond donors (Lipinski definition) is 1. The Bertz CT molecular complexity index is 1540. The Hall–Kier alpha value is -3.28. The normalized spacial score (nSPS) is 14.5. The number of rotatable bonds is 6. The topological polar surface area (TPSA) is 55.1 Å². The summed E-state index contributed by atoms with van der Waals surface area (Å²) < 4.78 is 2.10. The van der Waals surface area contributed by atoms with E-state index in [9.17, 15) is 9.90 Å². The lowest BCUT2D eigenvalue weighted by atomic mass is 9.99. The van der Waals surface area contributed by atoms with Crippen molar-refractivity contribution in [1.29, 1.82) is 0 Å². The largest absolute Gasteiger partial charge is 0.480 e. The van der Waals surface area contributed by atoms with Gasteiger partial charge in [0.2, 0.25) is 0 Å². The number of nitrogens with zero attached hydrogens (tertiary/aromatic N) is 2. The van der Waals surface area contributed by atoms with E-state index in [1.54, 1.807) is 24.3 Å². The number of fused-ring (bicyclic) bond motifs is 2. The van der Waals surface area contributed by atoms with Gasteiger partial charge in [-0.1, -0.05) is 78.0 Å². The Balaban J connectivity index is 1.55. The highest BCUT2D eigenvalue weighted by molar-refractivity contribution is 8.00. The SMILES string of the molecule is O=C(O)C(Sc1nc2ccccc2n1-c1ccc(C2CC2)c2ccccc12)c1ccc(Cl)cc1. The molecule has 1 atom stereocenters. The number of benzene rings is 4. The van der Waals surface area contributed by atoms with Gasteiger partial charge in [0, 0.05) is 10.4 Å². The fourth-order valence-corrected chi connectivity index (χ4v) is 5.76. The molecule has 6 heteroatoms. The van der Waals surface area contributed by atoms with Crippen molar-refractivity contribution >= 4 is 51.1 Å². The van der Waals surface area contributed by atoms with E-state index in [-0.39, 0.29) is 0 Å². The van der Waals surface area contributed by atoms with Gasteiger partial charge in [-0.25, -0.2) is 4.98 Å². The van der Waals surface area contributed by atoms with Crippen molar-refractivity contribution in [1.82, 2.24) is 9.55 Å². The zero-order chi connectivity index (χ0) is 23.2. The number of aromatic nitrogens is 2. The van der Waals surface area contributed by atoms with E-state index in [4.69, 9.17) is 16.6 Å². The van der Waals surface area contributed by atoms with Crippen molar-refractivity contribution < 1.29 is 9.90 Å². The summed E-state index contributed by atoms with van der Waals surface area (Å²) in [5.41, 5.74) is 4.86. The van der Waals surface area contributed by atoms with E-state index in [0.29, 0.717) is 21.7 Å². The second-order valence-corrected chi connectivity index (χ2v) is 10.1. The van der Waals surface area contributed by atoms with E-state index in [0.717, 1.165) is 22.1 Å². The summed E-state index contributed by atoms with van der Waals surface area (Å²) in [6.07, 6.45) is 2.47. The quantitative estimate of drug-likeness (QED) is 0.252. The minimum absolute atomic E-state index is 0.576. The molecule has 168 valence electrons. The first-order valence-electron chi connectivity index (χ1n) is 11.2. The van der Waals surface area contributed by atoms with Crippen LogP contribution in [0.1, 0.15) is 35.1 Å².